The number of carbonyl (C=O) groups excluding carboxylic acids is 1. The summed E-state index contributed by atoms with van der Waals surface area (Å²) in [6.45, 7) is 1.76. The molecule has 1 heterocycles. The lowest BCUT2D eigenvalue weighted by Crippen LogP contribution is -2.05. The van der Waals surface area contributed by atoms with Crippen LogP contribution in [0.1, 0.15) is 20.9 Å². The number of rotatable bonds is 3. The number of benzene rings is 1. The Bertz CT molecular complexity index is 567. The van der Waals surface area contributed by atoms with Gasteiger partial charge in [0.1, 0.15) is 5.82 Å². The van der Waals surface area contributed by atoms with E-state index in [1.165, 1.54) is 29.5 Å². The lowest BCUT2D eigenvalue weighted by molar-refractivity contribution is 0.0995. The molecule has 0 amide bonds. The van der Waals surface area contributed by atoms with Gasteiger partial charge in [0.25, 0.3) is 0 Å². The molecule has 0 saturated carbocycles. The van der Waals surface area contributed by atoms with E-state index in [-0.39, 0.29) is 12.2 Å². The van der Waals surface area contributed by atoms with Crippen LogP contribution in [0.25, 0.3) is 0 Å². The molecule has 0 atom stereocenters. The van der Waals surface area contributed by atoms with E-state index in [4.69, 9.17) is 11.6 Å². The SMILES string of the molecule is Cc1ncsc1C(=O)Cc1cc(Cl)ccc1F. The summed E-state index contributed by atoms with van der Waals surface area (Å²) in [6.07, 6.45) is 0.00935. The maximum atomic E-state index is 13.4. The van der Waals surface area contributed by atoms with E-state index < -0.39 is 5.82 Å². The third-order valence-corrected chi connectivity index (χ3v) is 3.56. The van der Waals surface area contributed by atoms with Gasteiger partial charge in [0, 0.05) is 11.4 Å². The second kappa shape index (κ2) is 4.94. The molecule has 1 aromatic carbocycles. The predicted octanol–water partition coefficient (Wildman–Crippen LogP) is 3.67. The number of aryl methyl sites for hydroxylation is 1. The highest BCUT2D eigenvalue weighted by atomic mass is 35.5. The Kier molecular flexibility index (Phi) is 3.54. The highest BCUT2D eigenvalue weighted by Crippen LogP contribution is 2.19. The predicted molar refractivity (Wildman–Crippen MR) is 66.3 cm³/mol. The zero-order chi connectivity index (χ0) is 12.4. The van der Waals surface area contributed by atoms with Crippen molar-refractivity contribution < 1.29 is 9.18 Å². The molecule has 0 spiro atoms. The van der Waals surface area contributed by atoms with E-state index >= 15 is 0 Å². The number of Topliss-reactive ketones (excluding diaryl/α,β-unsaturated/α-hetero) is 1. The Balaban J connectivity index is 2.24. The van der Waals surface area contributed by atoms with Crippen molar-refractivity contribution in [1.82, 2.24) is 4.98 Å². The van der Waals surface area contributed by atoms with Crippen LogP contribution in [-0.4, -0.2) is 10.8 Å². The molecule has 0 aliphatic carbocycles. The van der Waals surface area contributed by atoms with E-state index in [1.807, 2.05) is 0 Å². The number of hydrogen-bond acceptors (Lipinski definition) is 3. The van der Waals surface area contributed by atoms with Gasteiger partial charge in [-0.2, -0.15) is 0 Å². The number of halogens is 2. The topological polar surface area (TPSA) is 30.0 Å². The van der Waals surface area contributed by atoms with Gasteiger partial charge in [-0.3, -0.25) is 4.79 Å². The third kappa shape index (κ3) is 2.70. The number of nitrogens with zero attached hydrogens (tertiary/aromatic N) is 1. The lowest BCUT2D eigenvalue weighted by Gasteiger charge is -2.02. The van der Waals surface area contributed by atoms with Crippen LogP contribution >= 0.6 is 22.9 Å². The minimum atomic E-state index is -0.412. The standard InChI is InChI=1S/C12H9ClFNOS/c1-7-12(17-6-15-7)11(16)5-8-4-9(13)2-3-10(8)14/h2-4,6H,5H2,1H3. The molecule has 5 heteroatoms. The molecular weight excluding hydrogens is 261 g/mol. The van der Waals surface area contributed by atoms with Gasteiger partial charge in [0.2, 0.25) is 0 Å². The zero-order valence-corrected chi connectivity index (χ0v) is 10.6. The van der Waals surface area contributed by atoms with Gasteiger partial charge in [-0.15, -0.1) is 11.3 Å². The monoisotopic (exact) mass is 269 g/mol. The van der Waals surface area contributed by atoms with Crippen molar-refractivity contribution in [2.45, 2.75) is 13.3 Å². The van der Waals surface area contributed by atoms with Crippen molar-refractivity contribution in [2.24, 2.45) is 0 Å². The molecule has 2 aromatic rings. The van der Waals surface area contributed by atoms with Crippen LogP contribution in [0, 0.1) is 12.7 Å². The van der Waals surface area contributed by atoms with Crippen molar-refractivity contribution in [3.8, 4) is 0 Å². The largest absolute Gasteiger partial charge is 0.293 e. The Morgan fingerprint density at radius 3 is 2.94 bits per heavy atom. The summed E-state index contributed by atoms with van der Waals surface area (Å²) in [5.74, 6) is -0.545. The zero-order valence-electron chi connectivity index (χ0n) is 9.04. The Labute approximate surface area is 107 Å². The second-order valence-corrected chi connectivity index (χ2v) is 4.89. The number of carbonyl (C=O) groups is 1. The summed E-state index contributed by atoms with van der Waals surface area (Å²) < 4.78 is 13.4. The maximum Gasteiger partial charge on any atom is 0.179 e. The fraction of sp³-hybridized carbons (Fsp3) is 0.167. The summed E-state index contributed by atoms with van der Waals surface area (Å²) >= 11 is 7.04. The molecule has 1 aromatic heterocycles. The normalized spacial score (nSPS) is 10.5. The first-order valence-corrected chi connectivity index (χ1v) is 6.21. The van der Waals surface area contributed by atoms with Crippen molar-refractivity contribution in [2.75, 3.05) is 0 Å². The van der Waals surface area contributed by atoms with Crippen molar-refractivity contribution in [3.05, 3.63) is 50.7 Å². The Morgan fingerprint density at radius 2 is 2.29 bits per heavy atom. The van der Waals surface area contributed by atoms with Crippen LogP contribution in [0.4, 0.5) is 4.39 Å². The fourth-order valence-corrected chi connectivity index (χ4v) is 2.44. The summed E-state index contributed by atoms with van der Waals surface area (Å²) in [6, 6.07) is 4.21. The molecule has 0 aliphatic heterocycles. The van der Waals surface area contributed by atoms with E-state index in [2.05, 4.69) is 4.98 Å². The van der Waals surface area contributed by atoms with Crippen LogP contribution < -0.4 is 0 Å². The average molecular weight is 270 g/mol. The molecular formula is C12H9ClFNOS. The van der Waals surface area contributed by atoms with Gasteiger partial charge >= 0.3 is 0 Å². The van der Waals surface area contributed by atoms with Crippen molar-refractivity contribution >= 4 is 28.7 Å². The first-order chi connectivity index (χ1) is 8.08. The van der Waals surface area contributed by atoms with Crippen molar-refractivity contribution in [3.63, 3.8) is 0 Å². The minimum Gasteiger partial charge on any atom is -0.293 e. The first-order valence-electron chi connectivity index (χ1n) is 4.95. The minimum absolute atomic E-state index is 0.00935. The molecule has 0 unspecified atom stereocenters. The summed E-state index contributed by atoms with van der Waals surface area (Å²) in [5, 5.41) is 0.426. The van der Waals surface area contributed by atoms with Gasteiger partial charge in [-0.1, -0.05) is 11.6 Å². The van der Waals surface area contributed by atoms with Crippen LogP contribution in [0.5, 0.6) is 0 Å². The van der Waals surface area contributed by atoms with Gasteiger partial charge < -0.3 is 0 Å². The second-order valence-electron chi connectivity index (χ2n) is 3.60. The third-order valence-electron chi connectivity index (χ3n) is 2.36. The first kappa shape index (κ1) is 12.2. The van der Waals surface area contributed by atoms with E-state index in [1.54, 1.807) is 12.4 Å². The molecule has 0 bridgehead atoms. The molecule has 2 rings (SSSR count). The van der Waals surface area contributed by atoms with Gasteiger partial charge in [0.15, 0.2) is 5.78 Å². The van der Waals surface area contributed by atoms with Crippen molar-refractivity contribution in [1.29, 1.82) is 0 Å². The van der Waals surface area contributed by atoms with Crippen LogP contribution in [0.3, 0.4) is 0 Å². The molecule has 0 aliphatic rings. The number of aromatic nitrogens is 1. The molecule has 0 fully saturated rings. The van der Waals surface area contributed by atoms with Gasteiger partial charge in [-0.25, -0.2) is 9.37 Å². The van der Waals surface area contributed by atoms with Crippen LogP contribution in [0.15, 0.2) is 23.7 Å². The van der Waals surface area contributed by atoms with Crippen LogP contribution in [0.2, 0.25) is 5.02 Å². The molecule has 0 saturated heterocycles. The van der Waals surface area contributed by atoms with E-state index in [0.717, 1.165) is 0 Å². The van der Waals surface area contributed by atoms with Gasteiger partial charge in [0.05, 0.1) is 16.1 Å². The quantitative estimate of drug-likeness (QED) is 0.796. The number of ketones is 1. The molecule has 0 N–H and O–H groups in total. The molecule has 17 heavy (non-hydrogen) atoms. The fourth-order valence-electron chi connectivity index (χ4n) is 1.50. The van der Waals surface area contributed by atoms with E-state index in [9.17, 15) is 9.18 Å². The lowest BCUT2D eigenvalue weighted by atomic mass is 10.1. The highest BCUT2D eigenvalue weighted by molar-refractivity contribution is 7.11. The summed E-state index contributed by atoms with van der Waals surface area (Å²) in [4.78, 5) is 16.5. The number of hydrogen-bond donors (Lipinski definition) is 0. The molecule has 2 nitrogen and oxygen atoms in total. The van der Waals surface area contributed by atoms with E-state index in [0.29, 0.717) is 21.2 Å². The van der Waals surface area contributed by atoms with Gasteiger partial charge in [-0.05, 0) is 30.7 Å². The maximum absolute atomic E-state index is 13.4. The summed E-state index contributed by atoms with van der Waals surface area (Å²) in [7, 11) is 0. The molecule has 88 valence electrons. The summed E-state index contributed by atoms with van der Waals surface area (Å²) in [5.41, 5.74) is 2.61. The molecule has 0 radical (unpaired) electrons. The smallest absolute Gasteiger partial charge is 0.179 e. The Morgan fingerprint density at radius 1 is 1.53 bits per heavy atom. The van der Waals surface area contributed by atoms with Crippen LogP contribution in [-0.2, 0) is 6.42 Å². The Hall–Kier alpha value is -1.26. The number of thiazole rings is 1. The highest BCUT2D eigenvalue weighted by Gasteiger charge is 2.14. The average Bonchev–Trinajstić information content (AvgIpc) is 2.70.